The van der Waals surface area contributed by atoms with Crippen molar-refractivity contribution in [1.29, 1.82) is 0 Å². The average molecular weight is 953 g/mol. The Bertz CT molecular complexity index is 1050. The maximum Gasteiger partial charge on any atom is 0.246 e. The molecule has 0 aliphatic carbocycles. The summed E-state index contributed by atoms with van der Waals surface area (Å²) in [6.45, 7) is 7.22. The van der Waals surface area contributed by atoms with E-state index >= 15 is 0 Å². The molecule has 66 heavy (non-hydrogen) atoms. The fourth-order valence-electron chi connectivity index (χ4n) is 7.35. The molecule has 1 saturated heterocycles. The molecule has 1 aliphatic rings. The Kier molecular flexibility index (Phi) is 45.8. The Balaban J connectivity index is 1.70. The van der Waals surface area contributed by atoms with Gasteiger partial charge in [0.25, 0.3) is 0 Å². The third-order valence-electron chi connectivity index (χ3n) is 11.3. The summed E-state index contributed by atoms with van der Waals surface area (Å²) in [5.74, 6) is -0.154. The van der Waals surface area contributed by atoms with E-state index in [1.807, 2.05) is 0 Å². The molecule has 0 aromatic heterocycles. The van der Waals surface area contributed by atoms with E-state index in [2.05, 4.69) is 17.6 Å². The highest BCUT2D eigenvalue weighted by atomic mass is 16.7. The minimum absolute atomic E-state index is 0.0634. The van der Waals surface area contributed by atoms with Gasteiger partial charge in [0.05, 0.1) is 99.1 Å². The molecule has 0 aromatic rings. The summed E-state index contributed by atoms with van der Waals surface area (Å²) in [6, 6.07) is 0. The lowest BCUT2D eigenvalue weighted by Gasteiger charge is -2.39. The van der Waals surface area contributed by atoms with Gasteiger partial charge in [-0.3, -0.25) is 9.59 Å². The first-order chi connectivity index (χ1) is 32.4. The molecule has 0 radical (unpaired) electrons. The van der Waals surface area contributed by atoms with E-state index in [4.69, 9.17) is 42.6 Å². The highest BCUT2D eigenvalue weighted by molar-refractivity contribution is 5.77. The van der Waals surface area contributed by atoms with Crippen molar-refractivity contribution in [3.63, 3.8) is 0 Å². The number of carbonyl (C=O) groups excluding carboxylic acids is 2. The number of hydrogen-bond acceptors (Lipinski definition) is 15. The van der Waals surface area contributed by atoms with Crippen molar-refractivity contribution in [3.05, 3.63) is 0 Å². The molecular formula is C49H96N2O15. The van der Waals surface area contributed by atoms with Crippen molar-refractivity contribution in [2.24, 2.45) is 0 Å². The number of rotatable bonds is 51. The van der Waals surface area contributed by atoms with Gasteiger partial charge >= 0.3 is 0 Å². The van der Waals surface area contributed by atoms with Gasteiger partial charge in [-0.2, -0.15) is 0 Å². The molecule has 1 fully saturated rings. The van der Waals surface area contributed by atoms with Crippen molar-refractivity contribution in [2.45, 2.75) is 185 Å². The van der Waals surface area contributed by atoms with Crippen LogP contribution in [0.4, 0.5) is 0 Å². The molecule has 2 amide bonds. The third kappa shape index (κ3) is 39.3. The lowest BCUT2D eigenvalue weighted by molar-refractivity contribution is -0.302. The van der Waals surface area contributed by atoms with Gasteiger partial charge in [0.15, 0.2) is 6.29 Å². The number of nitrogens with one attached hydrogen (secondary N) is 2. The van der Waals surface area contributed by atoms with Gasteiger partial charge in [0.2, 0.25) is 11.8 Å². The summed E-state index contributed by atoms with van der Waals surface area (Å²) < 4.78 is 48.7. The topological polar surface area (TPSA) is 222 Å². The summed E-state index contributed by atoms with van der Waals surface area (Å²) in [4.78, 5) is 24.0. The van der Waals surface area contributed by atoms with E-state index in [0.29, 0.717) is 92.2 Å². The molecule has 17 heteroatoms. The van der Waals surface area contributed by atoms with Gasteiger partial charge in [0.1, 0.15) is 31.0 Å². The van der Waals surface area contributed by atoms with Crippen LogP contribution in [0, 0.1) is 0 Å². The van der Waals surface area contributed by atoms with Crippen LogP contribution in [0.5, 0.6) is 0 Å². The van der Waals surface area contributed by atoms with E-state index in [1.165, 1.54) is 128 Å². The van der Waals surface area contributed by atoms with E-state index in [1.54, 1.807) is 0 Å². The van der Waals surface area contributed by atoms with Crippen molar-refractivity contribution in [2.75, 3.05) is 119 Å². The molecule has 0 aromatic carbocycles. The smallest absolute Gasteiger partial charge is 0.246 e. The van der Waals surface area contributed by atoms with E-state index in [9.17, 15) is 30.0 Å². The standard InChI is InChI=1S/C49H96N2O15/c1-2-3-4-5-6-7-8-9-10-11-12-13-14-15-16-17-18-19-20-21-22-23-24-44(53)50-25-27-58-29-31-60-33-34-62-37-38-64-42-45(54)51-26-28-59-30-32-61-35-36-63-39-40-65-49-48(57)47(56)46(55)43(41-52)66-49/h43,46-49,52,55-57H,2-42H2,1H3,(H,50,53)(H,51,54)/t43?,46-,47?,48?,49+/m1/s1. The van der Waals surface area contributed by atoms with Gasteiger partial charge in [-0.05, 0) is 6.42 Å². The van der Waals surface area contributed by atoms with E-state index < -0.39 is 37.3 Å². The number of unbranched alkanes of at least 4 members (excludes halogenated alkanes) is 21. The predicted octanol–water partition coefficient (Wildman–Crippen LogP) is 5.14. The molecular weight excluding hydrogens is 857 g/mol. The Hall–Kier alpha value is -1.58. The first kappa shape index (κ1) is 62.4. The zero-order chi connectivity index (χ0) is 47.8. The van der Waals surface area contributed by atoms with Gasteiger partial charge in [-0.15, -0.1) is 0 Å². The monoisotopic (exact) mass is 953 g/mol. The molecule has 6 N–H and O–H groups in total. The molecule has 3 unspecified atom stereocenters. The van der Waals surface area contributed by atoms with Crippen LogP contribution < -0.4 is 10.6 Å². The van der Waals surface area contributed by atoms with Crippen LogP contribution in [0.25, 0.3) is 0 Å². The van der Waals surface area contributed by atoms with Gasteiger partial charge < -0.3 is 73.7 Å². The van der Waals surface area contributed by atoms with E-state index in [-0.39, 0.29) is 38.2 Å². The van der Waals surface area contributed by atoms with Crippen molar-refractivity contribution >= 4 is 11.8 Å². The largest absolute Gasteiger partial charge is 0.394 e. The Morgan fingerprint density at radius 2 is 0.773 bits per heavy atom. The highest BCUT2D eigenvalue weighted by Crippen LogP contribution is 2.22. The first-order valence-electron chi connectivity index (χ1n) is 25.9. The summed E-state index contributed by atoms with van der Waals surface area (Å²) in [7, 11) is 0. The Labute approximate surface area is 398 Å². The molecule has 1 rings (SSSR count). The van der Waals surface area contributed by atoms with Crippen LogP contribution >= 0.6 is 0 Å². The minimum atomic E-state index is -1.49. The Morgan fingerprint density at radius 3 is 1.18 bits per heavy atom. The summed E-state index contributed by atoms with van der Waals surface area (Å²) in [5, 5.41) is 44.3. The van der Waals surface area contributed by atoms with Crippen LogP contribution in [0.1, 0.15) is 155 Å². The number of amides is 2. The molecule has 0 bridgehead atoms. The number of aliphatic hydroxyl groups is 4. The molecule has 392 valence electrons. The number of carbonyl (C=O) groups is 2. The van der Waals surface area contributed by atoms with Gasteiger partial charge in [0, 0.05) is 19.5 Å². The van der Waals surface area contributed by atoms with Crippen LogP contribution in [0.15, 0.2) is 0 Å². The third-order valence-corrected chi connectivity index (χ3v) is 11.3. The molecule has 0 saturated carbocycles. The zero-order valence-corrected chi connectivity index (χ0v) is 41.2. The molecule has 17 nitrogen and oxygen atoms in total. The average Bonchev–Trinajstić information content (AvgIpc) is 3.32. The number of aliphatic hydroxyl groups excluding tert-OH is 4. The minimum Gasteiger partial charge on any atom is -0.394 e. The van der Waals surface area contributed by atoms with Crippen LogP contribution in [-0.4, -0.2) is 182 Å². The summed E-state index contributed by atoms with van der Waals surface area (Å²) in [6.07, 6.45) is 23.9. The quantitative estimate of drug-likeness (QED) is 0.0435. The lowest BCUT2D eigenvalue weighted by atomic mass is 9.99. The van der Waals surface area contributed by atoms with Crippen LogP contribution in [0.3, 0.4) is 0 Å². The molecule has 1 aliphatic heterocycles. The van der Waals surface area contributed by atoms with Gasteiger partial charge in [-0.1, -0.05) is 142 Å². The maximum atomic E-state index is 12.1. The lowest BCUT2D eigenvalue weighted by Crippen LogP contribution is -2.59. The number of hydrogen-bond donors (Lipinski definition) is 6. The predicted molar refractivity (Wildman–Crippen MR) is 253 cm³/mol. The first-order valence-corrected chi connectivity index (χ1v) is 25.9. The second kappa shape index (κ2) is 48.4. The van der Waals surface area contributed by atoms with Crippen LogP contribution in [-0.2, 0) is 52.2 Å². The zero-order valence-electron chi connectivity index (χ0n) is 41.2. The summed E-state index contributed by atoms with van der Waals surface area (Å²) in [5.41, 5.74) is 0. The SMILES string of the molecule is CCCCCCCCCCCCCCCCCCCCCCCCC(=O)NCCOCCOCCOCCOCC(=O)NCCOCCOCCOCCO[C@H]1OC(CO)[C@@H](O)C(O)C1O. The Morgan fingerprint density at radius 1 is 0.424 bits per heavy atom. The van der Waals surface area contributed by atoms with E-state index in [0.717, 1.165) is 12.8 Å². The van der Waals surface area contributed by atoms with Crippen molar-refractivity contribution in [3.8, 4) is 0 Å². The van der Waals surface area contributed by atoms with Crippen molar-refractivity contribution in [1.82, 2.24) is 10.6 Å². The fraction of sp³-hybridized carbons (Fsp3) is 0.959. The molecule has 5 atom stereocenters. The van der Waals surface area contributed by atoms with Crippen LogP contribution in [0.2, 0.25) is 0 Å². The summed E-state index contributed by atoms with van der Waals surface area (Å²) >= 11 is 0. The maximum absolute atomic E-state index is 12.1. The normalized spacial score (nSPS) is 18.5. The number of ether oxygens (including phenoxy) is 9. The second-order valence-electron chi connectivity index (χ2n) is 17.2. The van der Waals surface area contributed by atoms with Crippen molar-refractivity contribution < 1.29 is 72.6 Å². The second-order valence-corrected chi connectivity index (χ2v) is 17.2. The fourth-order valence-corrected chi connectivity index (χ4v) is 7.35. The molecule has 1 heterocycles. The molecule has 0 spiro atoms. The van der Waals surface area contributed by atoms with Gasteiger partial charge in [-0.25, -0.2) is 0 Å². The highest BCUT2D eigenvalue weighted by Gasteiger charge is 2.43.